The summed E-state index contributed by atoms with van der Waals surface area (Å²) in [5.41, 5.74) is 1.68. The van der Waals surface area contributed by atoms with Crippen molar-refractivity contribution >= 4 is 17.3 Å². The van der Waals surface area contributed by atoms with Crippen LogP contribution in [0.4, 0.5) is 15.8 Å². The number of hydrogen-bond donors (Lipinski definition) is 1. The van der Waals surface area contributed by atoms with Crippen LogP contribution in [0.3, 0.4) is 0 Å². The summed E-state index contributed by atoms with van der Waals surface area (Å²) in [4.78, 5) is 28.9. The third-order valence-corrected chi connectivity index (χ3v) is 4.30. The monoisotopic (exact) mass is 528 g/mol. The van der Waals surface area contributed by atoms with E-state index in [1.54, 1.807) is 47.8 Å². The number of rotatable bonds is 7. The van der Waals surface area contributed by atoms with E-state index in [1.165, 1.54) is 30.9 Å². The predicted molar refractivity (Wildman–Crippen MR) is 131 cm³/mol. The zero-order chi connectivity index (χ0) is 24.2. The van der Waals surface area contributed by atoms with Gasteiger partial charge in [-0.05, 0) is 36.5 Å². The summed E-state index contributed by atoms with van der Waals surface area (Å²) >= 11 is 0. The van der Waals surface area contributed by atoms with E-state index in [2.05, 4.69) is 49.5 Å². The van der Waals surface area contributed by atoms with Gasteiger partial charge in [-0.3, -0.25) is 10.7 Å². The number of amides is 1. The van der Waals surface area contributed by atoms with Crippen LogP contribution < -0.4 is 10.2 Å². The van der Waals surface area contributed by atoms with Crippen molar-refractivity contribution in [2.75, 3.05) is 23.3 Å². The molecule has 4 aromatic heterocycles. The summed E-state index contributed by atoms with van der Waals surface area (Å²) in [6, 6.07) is 8.27. The molecule has 11 heteroatoms. The van der Waals surface area contributed by atoms with Gasteiger partial charge in [0, 0.05) is 59.4 Å². The van der Waals surface area contributed by atoms with E-state index in [4.69, 9.17) is 6.42 Å². The van der Waals surface area contributed by atoms with Crippen LogP contribution in [0.15, 0.2) is 67.5 Å². The first-order valence-corrected chi connectivity index (χ1v) is 9.99. The number of anilines is 2. The molecule has 9 nitrogen and oxygen atoms in total. The van der Waals surface area contributed by atoms with Crippen molar-refractivity contribution in [3.05, 3.63) is 106 Å². The van der Waals surface area contributed by atoms with Crippen LogP contribution in [0.25, 0.3) is 5.82 Å². The second-order valence-electron chi connectivity index (χ2n) is 6.54. The molecule has 0 unspecified atom stereocenters. The van der Waals surface area contributed by atoms with E-state index in [0.29, 0.717) is 30.2 Å². The first-order valence-electron chi connectivity index (χ1n) is 9.99. The van der Waals surface area contributed by atoms with Crippen molar-refractivity contribution in [3.8, 4) is 18.2 Å². The molecule has 0 aliphatic rings. The Hall–Kier alpha value is -4.29. The summed E-state index contributed by atoms with van der Waals surface area (Å²) in [5, 5.41) is 6.73. The molecule has 190 valence electrons. The molecule has 1 N–H and O–H groups in total. The zero-order valence-corrected chi connectivity index (χ0v) is 20.3. The van der Waals surface area contributed by atoms with Gasteiger partial charge in [0.05, 0.1) is 5.56 Å². The number of carbonyl (C=O) groups excluding carboxylic acids is 1. The molecule has 4 aromatic rings. The normalized spacial score (nSPS) is 9.25. The Bertz CT molecular complexity index is 1220. The molecule has 0 atom stereocenters. The van der Waals surface area contributed by atoms with Crippen molar-refractivity contribution in [2.45, 2.75) is 0 Å². The SMILES string of the molecule is C#C[CH-]CN(C[CH2-])c1ccnc(F)c1.O=C(Nc1cn[c-]nc1)c1ccc(-n2cccn2)nc1.[CH3-].[Ni]. The van der Waals surface area contributed by atoms with Crippen molar-refractivity contribution in [1.29, 1.82) is 0 Å². The van der Waals surface area contributed by atoms with E-state index >= 15 is 0 Å². The molecule has 0 saturated heterocycles. The number of halogens is 1. The third-order valence-electron chi connectivity index (χ3n) is 4.30. The van der Waals surface area contributed by atoms with Gasteiger partial charge < -0.3 is 41.0 Å². The van der Waals surface area contributed by atoms with Crippen molar-refractivity contribution < 1.29 is 25.7 Å². The second kappa shape index (κ2) is 15.6. The number of pyridine rings is 2. The first kappa shape index (κ1) is 29.7. The molecule has 0 saturated carbocycles. The van der Waals surface area contributed by atoms with E-state index in [1.807, 2.05) is 4.90 Å². The van der Waals surface area contributed by atoms with Gasteiger partial charge in [-0.2, -0.15) is 15.9 Å². The largest absolute Gasteiger partial charge is 0.414 e. The standard InChI is InChI=1S/C13H9N6O.C11H11FN2.CH3.Ni/c20-13(18-11-7-14-9-15-8-11)10-2-3-12(16-6-10)19-5-1-4-17-19;1-3-5-8-14(4-2)10-6-7-13-11(12)9-10;;/h1-8H,(H,18,20);1,5-7,9H,2,4,8H2;1H3;/q-1;-2;-1;. The quantitative estimate of drug-likeness (QED) is 0.170. The summed E-state index contributed by atoms with van der Waals surface area (Å²) in [7, 11) is 0. The molecular weight excluding hydrogens is 506 g/mol. The summed E-state index contributed by atoms with van der Waals surface area (Å²) in [5.74, 6) is 2.28. The Morgan fingerprint density at radius 3 is 2.58 bits per heavy atom. The minimum Gasteiger partial charge on any atom is -0.414 e. The number of carbonyl (C=O) groups is 1. The molecular formula is C25H23FN8NiO-4. The number of terminal acetylenes is 1. The van der Waals surface area contributed by atoms with E-state index in [9.17, 15) is 9.18 Å². The molecule has 0 fully saturated rings. The molecule has 4 heterocycles. The smallest absolute Gasteiger partial charge is 0.255 e. The summed E-state index contributed by atoms with van der Waals surface area (Å²) < 4.78 is 14.4. The topological polar surface area (TPSA) is 102 Å². The van der Waals surface area contributed by atoms with Gasteiger partial charge in [-0.25, -0.2) is 14.6 Å². The molecule has 36 heavy (non-hydrogen) atoms. The van der Waals surface area contributed by atoms with Crippen LogP contribution in [0.1, 0.15) is 10.4 Å². The van der Waals surface area contributed by atoms with Gasteiger partial charge in [0.2, 0.25) is 5.95 Å². The minimum absolute atomic E-state index is 0. The van der Waals surface area contributed by atoms with Gasteiger partial charge in [0.1, 0.15) is 0 Å². The van der Waals surface area contributed by atoms with Gasteiger partial charge in [-0.15, -0.1) is 6.54 Å². The Morgan fingerprint density at radius 1 is 1.22 bits per heavy atom. The second-order valence-corrected chi connectivity index (χ2v) is 6.54. The van der Waals surface area contributed by atoms with Crippen LogP contribution >= 0.6 is 0 Å². The fourth-order valence-corrected chi connectivity index (χ4v) is 2.67. The molecule has 0 aromatic carbocycles. The van der Waals surface area contributed by atoms with Gasteiger partial charge in [-0.1, -0.05) is 12.4 Å². The third kappa shape index (κ3) is 8.82. The maximum Gasteiger partial charge on any atom is 0.255 e. The number of aromatic nitrogens is 6. The fourth-order valence-electron chi connectivity index (χ4n) is 2.67. The molecule has 0 aliphatic carbocycles. The zero-order valence-electron chi connectivity index (χ0n) is 19.4. The Labute approximate surface area is 220 Å². The van der Waals surface area contributed by atoms with Crippen LogP contribution in [0.2, 0.25) is 0 Å². The Morgan fingerprint density at radius 2 is 2.00 bits per heavy atom. The average Bonchev–Trinajstić information content (AvgIpc) is 3.41. The maximum absolute atomic E-state index is 12.8. The van der Waals surface area contributed by atoms with Crippen molar-refractivity contribution in [3.63, 3.8) is 0 Å². The van der Waals surface area contributed by atoms with Gasteiger partial charge >= 0.3 is 0 Å². The van der Waals surface area contributed by atoms with Crippen LogP contribution in [-0.4, -0.2) is 48.7 Å². The van der Waals surface area contributed by atoms with Crippen molar-refractivity contribution in [1.82, 2.24) is 29.7 Å². The Kier molecular flexibility index (Phi) is 12.9. The molecule has 0 radical (unpaired) electrons. The number of hydrogen-bond acceptors (Lipinski definition) is 7. The minimum atomic E-state index is -0.498. The fraction of sp³-hybridized carbons (Fsp3) is 0.0800. The molecule has 0 bridgehead atoms. The van der Waals surface area contributed by atoms with E-state index in [0.717, 1.165) is 5.69 Å². The summed E-state index contributed by atoms with van der Waals surface area (Å²) in [6.07, 6.45) is 18.4. The summed E-state index contributed by atoms with van der Waals surface area (Å²) in [6.45, 7) is 4.83. The Balaban J connectivity index is 0.000000362. The predicted octanol–water partition coefficient (Wildman–Crippen LogP) is 3.26. The van der Waals surface area contributed by atoms with Crippen LogP contribution in [-0.2, 0) is 16.5 Å². The number of nitrogens with zero attached hydrogens (tertiary/aromatic N) is 7. The van der Waals surface area contributed by atoms with E-state index < -0.39 is 5.95 Å². The van der Waals surface area contributed by atoms with Crippen LogP contribution in [0, 0.1) is 45.4 Å². The molecule has 1 amide bonds. The molecule has 4 rings (SSSR count). The van der Waals surface area contributed by atoms with E-state index in [-0.39, 0.29) is 29.8 Å². The van der Waals surface area contributed by atoms with Gasteiger partial charge in [0.25, 0.3) is 5.91 Å². The molecule has 0 aliphatic heterocycles. The van der Waals surface area contributed by atoms with Gasteiger partial charge in [0.15, 0.2) is 5.82 Å². The number of nitrogens with one attached hydrogen (secondary N) is 1. The molecule has 0 spiro atoms. The first-order chi connectivity index (χ1) is 16.6. The maximum atomic E-state index is 12.8. The van der Waals surface area contributed by atoms with Crippen molar-refractivity contribution in [2.24, 2.45) is 0 Å². The van der Waals surface area contributed by atoms with Crippen LogP contribution in [0.5, 0.6) is 0 Å². The average molecular weight is 529 g/mol.